The Labute approximate surface area is 91.0 Å². The van der Waals surface area contributed by atoms with Gasteiger partial charge in [-0.2, -0.15) is 4.98 Å². The number of hydrogen-bond donors (Lipinski definition) is 0. The first-order valence-corrected chi connectivity index (χ1v) is 4.98. The third-order valence-electron chi connectivity index (χ3n) is 2.36. The van der Waals surface area contributed by atoms with Crippen LogP contribution < -0.4 is 0 Å². The van der Waals surface area contributed by atoms with Gasteiger partial charge in [-0.05, 0) is 23.7 Å². The largest absolute Gasteiger partial charge is 0.291 e. The Hall–Kier alpha value is -1.81. The minimum atomic E-state index is 0.381. The first kappa shape index (κ1) is 8.49. The zero-order chi connectivity index (χ0) is 10.3. The van der Waals surface area contributed by atoms with E-state index in [2.05, 4.69) is 16.0 Å². The zero-order valence-corrected chi connectivity index (χ0v) is 8.61. The van der Waals surface area contributed by atoms with Gasteiger partial charge in [0.1, 0.15) is 12.0 Å². The second-order valence-corrected chi connectivity index (χ2v) is 3.64. The maximum Gasteiger partial charge on any atom is 0.222 e. The highest BCUT2D eigenvalue weighted by molar-refractivity contribution is 7.71. The molecule has 15 heavy (non-hydrogen) atoms. The molecule has 0 N–H and O–H groups in total. The molecule has 0 radical (unpaired) electrons. The molecule has 4 heteroatoms. The number of pyridine rings is 1. The topological polar surface area (TPSA) is 30.2 Å². The second kappa shape index (κ2) is 3.10. The van der Waals surface area contributed by atoms with E-state index in [0.29, 0.717) is 4.77 Å². The standard InChI is InChI=1S/C11H7N3S/c15-11-12-7-14-6-5-8-3-1-2-4-9(8)10(14)13-11/h1-7H. The van der Waals surface area contributed by atoms with Gasteiger partial charge >= 0.3 is 0 Å². The van der Waals surface area contributed by atoms with E-state index in [9.17, 15) is 0 Å². The van der Waals surface area contributed by atoms with Gasteiger partial charge in [-0.15, -0.1) is 0 Å². The predicted molar refractivity (Wildman–Crippen MR) is 61.3 cm³/mol. The van der Waals surface area contributed by atoms with E-state index in [-0.39, 0.29) is 0 Å². The van der Waals surface area contributed by atoms with Gasteiger partial charge in [0.05, 0.1) is 0 Å². The first-order chi connectivity index (χ1) is 7.34. The Kier molecular flexibility index (Phi) is 1.76. The molecule has 0 saturated carbocycles. The minimum absolute atomic E-state index is 0.381. The third-order valence-corrected chi connectivity index (χ3v) is 2.55. The summed E-state index contributed by atoms with van der Waals surface area (Å²) in [6, 6.07) is 10.1. The lowest BCUT2D eigenvalue weighted by atomic mass is 10.2. The summed E-state index contributed by atoms with van der Waals surface area (Å²) in [4.78, 5) is 8.25. The Morgan fingerprint density at radius 2 is 2.00 bits per heavy atom. The molecule has 0 atom stereocenters. The molecule has 0 aliphatic rings. The van der Waals surface area contributed by atoms with Crippen LogP contribution in [-0.4, -0.2) is 14.4 Å². The second-order valence-electron chi connectivity index (χ2n) is 3.27. The molecule has 72 valence electrons. The van der Waals surface area contributed by atoms with E-state index in [0.717, 1.165) is 16.4 Å². The fraction of sp³-hybridized carbons (Fsp3) is 0. The summed E-state index contributed by atoms with van der Waals surface area (Å²) >= 11 is 4.97. The molecule has 3 nitrogen and oxygen atoms in total. The molecular weight excluding hydrogens is 206 g/mol. The average molecular weight is 213 g/mol. The SMILES string of the molecule is S=c1ncn2ccc3ccccc3c2n1. The predicted octanol–water partition coefficient (Wildman–Crippen LogP) is 2.61. The van der Waals surface area contributed by atoms with E-state index in [4.69, 9.17) is 12.2 Å². The Bertz CT molecular complexity index is 703. The molecule has 0 amide bonds. The fourth-order valence-corrected chi connectivity index (χ4v) is 1.79. The maximum atomic E-state index is 4.97. The van der Waals surface area contributed by atoms with Crippen LogP contribution in [0.1, 0.15) is 0 Å². The lowest BCUT2D eigenvalue weighted by Crippen LogP contribution is -1.94. The van der Waals surface area contributed by atoms with Gasteiger partial charge < -0.3 is 0 Å². The van der Waals surface area contributed by atoms with Crippen molar-refractivity contribution >= 4 is 28.6 Å². The van der Waals surface area contributed by atoms with Gasteiger partial charge in [0.15, 0.2) is 0 Å². The summed E-state index contributed by atoms with van der Waals surface area (Å²) in [5, 5.41) is 2.25. The fourth-order valence-electron chi connectivity index (χ4n) is 1.66. The van der Waals surface area contributed by atoms with Gasteiger partial charge in [0.2, 0.25) is 4.77 Å². The van der Waals surface area contributed by atoms with Crippen molar-refractivity contribution in [1.29, 1.82) is 0 Å². The van der Waals surface area contributed by atoms with Crippen LogP contribution in [0.4, 0.5) is 0 Å². The van der Waals surface area contributed by atoms with Crippen molar-refractivity contribution in [2.45, 2.75) is 0 Å². The zero-order valence-electron chi connectivity index (χ0n) is 7.79. The Balaban J connectivity index is 2.63. The van der Waals surface area contributed by atoms with Crippen LogP contribution in [0.3, 0.4) is 0 Å². The number of nitrogens with zero attached hydrogens (tertiary/aromatic N) is 3. The van der Waals surface area contributed by atoms with Crippen LogP contribution in [0.25, 0.3) is 16.4 Å². The molecule has 3 rings (SSSR count). The number of hydrogen-bond acceptors (Lipinski definition) is 3. The average Bonchev–Trinajstić information content (AvgIpc) is 2.29. The molecule has 2 aromatic heterocycles. The summed E-state index contributed by atoms with van der Waals surface area (Å²) in [6.45, 7) is 0. The van der Waals surface area contributed by atoms with Gasteiger partial charge in [0.25, 0.3) is 0 Å². The van der Waals surface area contributed by atoms with E-state index < -0.39 is 0 Å². The normalized spacial score (nSPS) is 10.9. The van der Waals surface area contributed by atoms with E-state index >= 15 is 0 Å². The van der Waals surface area contributed by atoms with E-state index in [1.807, 2.05) is 34.9 Å². The van der Waals surface area contributed by atoms with Crippen LogP contribution in [0, 0.1) is 4.77 Å². The van der Waals surface area contributed by atoms with Crippen LogP contribution >= 0.6 is 12.2 Å². The van der Waals surface area contributed by atoms with Crippen molar-refractivity contribution in [3.05, 3.63) is 47.6 Å². The van der Waals surface area contributed by atoms with Gasteiger partial charge in [-0.3, -0.25) is 4.40 Å². The lowest BCUT2D eigenvalue weighted by molar-refractivity contribution is 0.998. The molecule has 1 aromatic carbocycles. The third kappa shape index (κ3) is 1.30. The molecule has 0 unspecified atom stereocenters. The highest BCUT2D eigenvalue weighted by Gasteiger charge is 1.99. The molecule has 0 bridgehead atoms. The van der Waals surface area contributed by atoms with Crippen LogP contribution in [0.2, 0.25) is 0 Å². The smallest absolute Gasteiger partial charge is 0.222 e. The highest BCUT2D eigenvalue weighted by atomic mass is 32.1. The highest BCUT2D eigenvalue weighted by Crippen LogP contribution is 2.16. The number of fused-ring (bicyclic) bond motifs is 3. The van der Waals surface area contributed by atoms with Crippen molar-refractivity contribution in [2.75, 3.05) is 0 Å². The molecule has 2 heterocycles. The molecule has 0 spiro atoms. The monoisotopic (exact) mass is 213 g/mol. The summed E-state index contributed by atoms with van der Waals surface area (Å²) in [5.41, 5.74) is 0.855. The van der Waals surface area contributed by atoms with Gasteiger partial charge in [0, 0.05) is 11.6 Å². The van der Waals surface area contributed by atoms with Crippen molar-refractivity contribution in [3.8, 4) is 0 Å². The molecule has 3 aromatic rings. The van der Waals surface area contributed by atoms with Gasteiger partial charge in [-0.25, -0.2) is 4.98 Å². The quantitative estimate of drug-likeness (QED) is 0.425. The Morgan fingerprint density at radius 1 is 1.13 bits per heavy atom. The van der Waals surface area contributed by atoms with Crippen molar-refractivity contribution in [1.82, 2.24) is 14.4 Å². The van der Waals surface area contributed by atoms with Crippen LogP contribution in [0.5, 0.6) is 0 Å². The van der Waals surface area contributed by atoms with E-state index in [1.54, 1.807) is 6.33 Å². The summed E-state index contributed by atoms with van der Waals surface area (Å²) < 4.78 is 2.25. The number of benzene rings is 1. The first-order valence-electron chi connectivity index (χ1n) is 4.57. The maximum absolute atomic E-state index is 4.97. The summed E-state index contributed by atoms with van der Waals surface area (Å²) in [5.74, 6) is 0. The van der Waals surface area contributed by atoms with Crippen molar-refractivity contribution in [2.24, 2.45) is 0 Å². The van der Waals surface area contributed by atoms with Gasteiger partial charge in [-0.1, -0.05) is 24.3 Å². The molecule has 0 fully saturated rings. The molecular formula is C11H7N3S. The lowest BCUT2D eigenvalue weighted by Gasteiger charge is -2.03. The number of rotatable bonds is 0. The van der Waals surface area contributed by atoms with Crippen molar-refractivity contribution < 1.29 is 0 Å². The van der Waals surface area contributed by atoms with Crippen molar-refractivity contribution in [3.63, 3.8) is 0 Å². The Morgan fingerprint density at radius 3 is 2.93 bits per heavy atom. The summed E-state index contributed by atoms with van der Waals surface area (Å²) in [7, 11) is 0. The van der Waals surface area contributed by atoms with E-state index in [1.165, 1.54) is 0 Å². The van der Waals surface area contributed by atoms with Crippen LogP contribution in [-0.2, 0) is 0 Å². The molecule has 0 aliphatic carbocycles. The summed E-state index contributed by atoms with van der Waals surface area (Å²) in [6.07, 6.45) is 3.63. The molecule has 0 aliphatic heterocycles. The van der Waals surface area contributed by atoms with Crippen LogP contribution in [0.15, 0.2) is 42.9 Å². The molecule has 0 saturated heterocycles. The minimum Gasteiger partial charge on any atom is -0.291 e. The number of aromatic nitrogens is 3.